The highest BCUT2D eigenvalue weighted by atomic mass is 32.1. The molecule has 0 amide bonds. The Kier molecular flexibility index (Phi) is 3.05. The van der Waals surface area contributed by atoms with Crippen molar-refractivity contribution in [3.63, 3.8) is 0 Å². The van der Waals surface area contributed by atoms with E-state index in [0.717, 1.165) is 12.3 Å². The highest BCUT2D eigenvalue weighted by Gasteiger charge is 2.24. The van der Waals surface area contributed by atoms with Gasteiger partial charge >= 0.3 is 0 Å². The van der Waals surface area contributed by atoms with E-state index in [-0.39, 0.29) is 0 Å². The van der Waals surface area contributed by atoms with E-state index in [1.165, 1.54) is 12.8 Å². The van der Waals surface area contributed by atoms with Gasteiger partial charge in [0.15, 0.2) is 0 Å². The second kappa shape index (κ2) is 3.63. The fourth-order valence-electron chi connectivity index (χ4n) is 1.47. The van der Waals surface area contributed by atoms with Crippen LogP contribution in [0.15, 0.2) is 0 Å². The monoisotopic (exact) mass is 160 g/mol. The lowest BCUT2D eigenvalue weighted by Gasteiger charge is -2.30. The summed E-state index contributed by atoms with van der Waals surface area (Å²) < 4.78 is 5.26. The van der Waals surface area contributed by atoms with Crippen molar-refractivity contribution in [2.75, 3.05) is 7.11 Å². The first-order valence-electron chi connectivity index (χ1n) is 3.95. The molecule has 3 unspecified atom stereocenters. The van der Waals surface area contributed by atoms with Gasteiger partial charge in [0.2, 0.25) is 0 Å². The number of ether oxygens (including phenoxy) is 1. The average molecular weight is 160 g/mol. The van der Waals surface area contributed by atoms with Gasteiger partial charge in [0, 0.05) is 12.4 Å². The highest BCUT2D eigenvalue weighted by molar-refractivity contribution is 7.81. The first kappa shape index (κ1) is 8.41. The molecule has 0 aromatic heterocycles. The van der Waals surface area contributed by atoms with Gasteiger partial charge in [-0.05, 0) is 25.2 Å². The van der Waals surface area contributed by atoms with Gasteiger partial charge in [-0.2, -0.15) is 12.6 Å². The Labute approximate surface area is 68.6 Å². The third-order valence-corrected chi connectivity index (χ3v) is 3.16. The summed E-state index contributed by atoms with van der Waals surface area (Å²) in [7, 11) is 1.79. The predicted octanol–water partition coefficient (Wildman–Crippen LogP) is 2.12. The average Bonchev–Trinajstić information content (AvgIpc) is 1.95. The van der Waals surface area contributed by atoms with Crippen molar-refractivity contribution in [3.05, 3.63) is 0 Å². The number of thiol groups is 1. The van der Waals surface area contributed by atoms with Gasteiger partial charge in [0.25, 0.3) is 0 Å². The van der Waals surface area contributed by atoms with Crippen LogP contribution in [0.1, 0.15) is 26.2 Å². The first-order chi connectivity index (χ1) is 4.74. The molecule has 0 aliphatic heterocycles. The largest absolute Gasteiger partial charge is 0.381 e. The maximum atomic E-state index is 5.26. The van der Waals surface area contributed by atoms with Gasteiger partial charge in [-0.15, -0.1) is 0 Å². The molecule has 1 rings (SSSR count). The summed E-state index contributed by atoms with van der Waals surface area (Å²) in [6.45, 7) is 2.27. The Morgan fingerprint density at radius 1 is 1.40 bits per heavy atom. The van der Waals surface area contributed by atoms with Crippen molar-refractivity contribution >= 4 is 12.6 Å². The fourth-order valence-corrected chi connectivity index (χ4v) is 1.86. The van der Waals surface area contributed by atoms with Gasteiger partial charge in [-0.1, -0.05) is 6.92 Å². The Hall–Kier alpha value is 0.310. The van der Waals surface area contributed by atoms with Crippen molar-refractivity contribution in [2.45, 2.75) is 37.5 Å². The molecule has 0 N–H and O–H groups in total. The molecule has 1 fully saturated rings. The van der Waals surface area contributed by atoms with Crippen LogP contribution in [0, 0.1) is 5.92 Å². The smallest absolute Gasteiger partial charge is 0.0582 e. The van der Waals surface area contributed by atoms with E-state index in [9.17, 15) is 0 Å². The van der Waals surface area contributed by atoms with Crippen LogP contribution in [-0.4, -0.2) is 18.5 Å². The predicted molar refractivity (Wildman–Crippen MR) is 46.6 cm³/mol. The topological polar surface area (TPSA) is 9.23 Å². The lowest BCUT2D eigenvalue weighted by Crippen LogP contribution is -2.27. The summed E-state index contributed by atoms with van der Waals surface area (Å²) in [5, 5.41) is 0.554. The minimum atomic E-state index is 0.471. The molecule has 1 nitrogen and oxygen atoms in total. The quantitative estimate of drug-likeness (QED) is 0.578. The molecule has 1 saturated carbocycles. The van der Waals surface area contributed by atoms with Gasteiger partial charge in [-0.3, -0.25) is 0 Å². The third kappa shape index (κ3) is 1.89. The van der Waals surface area contributed by atoms with Crippen LogP contribution in [0.5, 0.6) is 0 Å². The number of methoxy groups -OCH3 is 1. The van der Waals surface area contributed by atoms with Crippen LogP contribution in [0.25, 0.3) is 0 Å². The van der Waals surface area contributed by atoms with Crippen molar-refractivity contribution in [1.29, 1.82) is 0 Å². The molecule has 0 heterocycles. The lowest BCUT2D eigenvalue weighted by molar-refractivity contribution is 0.0623. The highest BCUT2D eigenvalue weighted by Crippen LogP contribution is 2.29. The molecule has 0 bridgehead atoms. The van der Waals surface area contributed by atoms with Crippen molar-refractivity contribution in [3.8, 4) is 0 Å². The van der Waals surface area contributed by atoms with Crippen molar-refractivity contribution in [1.82, 2.24) is 0 Å². The Bertz CT molecular complexity index is 105. The van der Waals surface area contributed by atoms with E-state index in [1.807, 2.05) is 0 Å². The molecule has 10 heavy (non-hydrogen) atoms. The zero-order valence-electron chi connectivity index (χ0n) is 6.71. The molecule has 0 aromatic carbocycles. The van der Waals surface area contributed by atoms with Gasteiger partial charge < -0.3 is 4.74 Å². The van der Waals surface area contributed by atoms with E-state index < -0.39 is 0 Å². The molecule has 2 heteroatoms. The molecular weight excluding hydrogens is 144 g/mol. The van der Waals surface area contributed by atoms with E-state index in [4.69, 9.17) is 4.74 Å². The van der Waals surface area contributed by atoms with E-state index in [0.29, 0.717) is 11.4 Å². The minimum absolute atomic E-state index is 0.471. The van der Waals surface area contributed by atoms with Gasteiger partial charge in [-0.25, -0.2) is 0 Å². The van der Waals surface area contributed by atoms with Crippen LogP contribution in [-0.2, 0) is 4.74 Å². The summed E-state index contributed by atoms with van der Waals surface area (Å²) in [5.41, 5.74) is 0. The fraction of sp³-hybridized carbons (Fsp3) is 1.00. The molecule has 60 valence electrons. The second-order valence-corrected chi connectivity index (χ2v) is 3.88. The normalized spacial score (nSPS) is 41.7. The number of hydrogen-bond acceptors (Lipinski definition) is 2. The standard InChI is InChI=1S/C8H16OS/c1-6-3-4-7(9-2)5-8(6)10/h6-8,10H,3-5H2,1-2H3. The first-order valence-corrected chi connectivity index (χ1v) is 4.46. The number of hydrogen-bond donors (Lipinski definition) is 1. The molecule has 1 aliphatic rings. The molecular formula is C8H16OS. The van der Waals surface area contributed by atoms with E-state index in [2.05, 4.69) is 19.6 Å². The van der Waals surface area contributed by atoms with Crippen LogP contribution in [0.3, 0.4) is 0 Å². The number of rotatable bonds is 1. The summed E-state index contributed by atoms with van der Waals surface area (Å²) in [4.78, 5) is 0. The Balaban J connectivity index is 2.33. The molecule has 0 radical (unpaired) electrons. The zero-order valence-corrected chi connectivity index (χ0v) is 7.60. The van der Waals surface area contributed by atoms with Crippen LogP contribution in [0.2, 0.25) is 0 Å². The maximum Gasteiger partial charge on any atom is 0.0582 e. The zero-order chi connectivity index (χ0) is 7.56. The molecule has 3 atom stereocenters. The maximum absolute atomic E-state index is 5.26. The van der Waals surface area contributed by atoms with E-state index >= 15 is 0 Å². The molecule has 0 spiro atoms. The Morgan fingerprint density at radius 2 is 2.10 bits per heavy atom. The summed E-state index contributed by atoms with van der Waals surface area (Å²) in [5.74, 6) is 0.773. The third-order valence-electron chi connectivity index (χ3n) is 2.44. The SMILES string of the molecule is COC1CCC(C)C(S)C1. The second-order valence-electron chi connectivity index (χ2n) is 3.22. The van der Waals surface area contributed by atoms with Gasteiger partial charge in [0.1, 0.15) is 0 Å². The van der Waals surface area contributed by atoms with Crippen molar-refractivity contribution in [2.24, 2.45) is 5.92 Å². The molecule has 1 aliphatic carbocycles. The molecule has 0 aromatic rings. The van der Waals surface area contributed by atoms with Crippen LogP contribution in [0.4, 0.5) is 0 Å². The molecule has 0 saturated heterocycles. The summed E-state index contributed by atoms with van der Waals surface area (Å²) in [6, 6.07) is 0. The van der Waals surface area contributed by atoms with Crippen LogP contribution < -0.4 is 0 Å². The van der Waals surface area contributed by atoms with E-state index in [1.54, 1.807) is 7.11 Å². The van der Waals surface area contributed by atoms with Crippen LogP contribution >= 0.6 is 12.6 Å². The Morgan fingerprint density at radius 3 is 2.60 bits per heavy atom. The van der Waals surface area contributed by atoms with Gasteiger partial charge in [0.05, 0.1) is 6.10 Å². The summed E-state index contributed by atoms with van der Waals surface area (Å²) in [6.07, 6.45) is 4.08. The lowest BCUT2D eigenvalue weighted by atomic mass is 9.88. The van der Waals surface area contributed by atoms with Crippen molar-refractivity contribution < 1.29 is 4.74 Å². The minimum Gasteiger partial charge on any atom is -0.381 e. The summed E-state index contributed by atoms with van der Waals surface area (Å²) >= 11 is 4.49.